The Morgan fingerprint density at radius 2 is 1.96 bits per heavy atom. The molecule has 13 heteroatoms. The summed E-state index contributed by atoms with van der Waals surface area (Å²) in [6.07, 6.45) is 10.7. The SMILES string of the molecule is C/C=C(\C=C/CC)S(=O)(=O)n1cc(-c2nc(N[C@@H]3CCN(C(=O)CCCCNC(=O)OC(C)(C)C)C3)ncc2Cl)c2ccccc21. The first-order valence-electron chi connectivity index (χ1n) is 15.6. The first kappa shape index (κ1) is 35.0. The van der Waals surface area contributed by atoms with E-state index >= 15 is 0 Å². The third-order valence-electron chi connectivity index (χ3n) is 7.40. The lowest BCUT2D eigenvalue weighted by molar-refractivity contribution is -0.130. The van der Waals surface area contributed by atoms with Crippen LogP contribution in [0.5, 0.6) is 0 Å². The molecular formula is C33H43ClN6O5S. The lowest BCUT2D eigenvalue weighted by atomic mass is 10.1. The van der Waals surface area contributed by atoms with Crippen LogP contribution < -0.4 is 10.6 Å². The monoisotopic (exact) mass is 670 g/mol. The third kappa shape index (κ3) is 8.67. The maximum Gasteiger partial charge on any atom is 0.407 e. The highest BCUT2D eigenvalue weighted by Gasteiger charge is 2.28. The van der Waals surface area contributed by atoms with Gasteiger partial charge in [-0.3, -0.25) is 4.79 Å². The van der Waals surface area contributed by atoms with E-state index in [0.29, 0.717) is 73.4 Å². The van der Waals surface area contributed by atoms with Crippen LogP contribution in [0.15, 0.2) is 59.8 Å². The van der Waals surface area contributed by atoms with Gasteiger partial charge in [0.25, 0.3) is 10.0 Å². The number of amides is 2. The molecule has 2 aromatic heterocycles. The molecule has 46 heavy (non-hydrogen) atoms. The molecule has 248 valence electrons. The average Bonchev–Trinajstić information content (AvgIpc) is 3.63. The number of para-hydroxylation sites is 1. The van der Waals surface area contributed by atoms with E-state index in [-0.39, 0.29) is 21.9 Å². The third-order valence-corrected chi connectivity index (χ3v) is 9.46. The second kappa shape index (κ2) is 15.1. The number of carbonyl (C=O) groups excluding carboxylic acids is 2. The number of alkyl carbamates (subject to hydrolysis) is 1. The normalized spacial score (nSPS) is 15.9. The van der Waals surface area contributed by atoms with Crippen LogP contribution in [0.25, 0.3) is 22.2 Å². The fourth-order valence-corrected chi connectivity index (χ4v) is 6.84. The Balaban J connectivity index is 1.42. The van der Waals surface area contributed by atoms with Crippen LogP contribution in [0.1, 0.15) is 66.7 Å². The molecule has 0 saturated carbocycles. The summed E-state index contributed by atoms with van der Waals surface area (Å²) in [4.78, 5) is 35.7. The van der Waals surface area contributed by atoms with E-state index in [1.807, 2.05) is 50.8 Å². The van der Waals surface area contributed by atoms with E-state index in [2.05, 4.69) is 15.6 Å². The van der Waals surface area contributed by atoms with Gasteiger partial charge >= 0.3 is 6.09 Å². The van der Waals surface area contributed by atoms with Gasteiger partial charge in [0.2, 0.25) is 11.9 Å². The Hall–Kier alpha value is -3.90. The van der Waals surface area contributed by atoms with Crippen molar-refractivity contribution in [3.8, 4) is 11.3 Å². The van der Waals surface area contributed by atoms with Crippen molar-refractivity contribution >= 4 is 50.5 Å². The van der Waals surface area contributed by atoms with Gasteiger partial charge in [-0.15, -0.1) is 0 Å². The molecule has 1 atom stereocenters. The van der Waals surface area contributed by atoms with Crippen molar-refractivity contribution in [2.75, 3.05) is 25.0 Å². The number of hydrogen-bond acceptors (Lipinski definition) is 8. The minimum atomic E-state index is -3.89. The number of aromatic nitrogens is 3. The van der Waals surface area contributed by atoms with E-state index < -0.39 is 21.7 Å². The second-order valence-electron chi connectivity index (χ2n) is 12.1. The average molecular weight is 671 g/mol. The summed E-state index contributed by atoms with van der Waals surface area (Å²) in [5, 5.41) is 7.01. The van der Waals surface area contributed by atoms with Crippen molar-refractivity contribution in [3.63, 3.8) is 0 Å². The number of hydrogen-bond donors (Lipinski definition) is 2. The number of benzene rings is 1. The van der Waals surface area contributed by atoms with Gasteiger partial charge in [-0.2, -0.15) is 0 Å². The zero-order valence-electron chi connectivity index (χ0n) is 27.0. The van der Waals surface area contributed by atoms with Gasteiger partial charge in [0.15, 0.2) is 0 Å². The number of allylic oxidation sites excluding steroid dienone is 3. The molecule has 11 nitrogen and oxygen atoms in total. The molecule has 1 aliphatic heterocycles. The number of fused-ring (bicyclic) bond motifs is 1. The van der Waals surface area contributed by atoms with Gasteiger partial charge in [0.1, 0.15) is 5.60 Å². The minimum Gasteiger partial charge on any atom is -0.444 e. The molecule has 2 N–H and O–H groups in total. The van der Waals surface area contributed by atoms with Gasteiger partial charge in [-0.05, 0) is 65.5 Å². The lowest BCUT2D eigenvalue weighted by Crippen LogP contribution is -2.33. The second-order valence-corrected chi connectivity index (χ2v) is 14.3. The number of nitrogens with one attached hydrogen (secondary N) is 2. The summed E-state index contributed by atoms with van der Waals surface area (Å²) in [6, 6.07) is 7.16. The van der Waals surface area contributed by atoms with Crippen LogP contribution in [-0.4, -0.2) is 70.5 Å². The van der Waals surface area contributed by atoms with E-state index in [1.54, 1.807) is 37.4 Å². The summed E-state index contributed by atoms with van der Waals surface area (Å²) in [7, 11) is -3.89. The molecule has 0 unspecified atom stereocenters. The Labute approximate surface area is 276 Å². The predicted molar refractivity (Wildman–Crippen MR) is 182 cm³/mol. The van der Waals surface area contributed by atoms with Crippen molar-refractivity contribution in [2.24, 2.45) is 0 Å². The Morgan fingerprint density at radius 1 is 1.20 bits per heavy atom. The minimum absolute atomic E-state index is 0.0579. The number of rotatable bonds is 12. The molecule has 0 bridgehead atoms. The smallest absolute Gasteiger partial charge is 0.407 e. The maximum absolute atomic E-state index is 13.7. The molecule has 0 aliphatic carbocycles. The standard InChI is InChI=1S/C33H43ClN6O5S/c1-6-8-13-24(7-2)46(43,44)40-22-26(25-14-9-10-15-28(25)40)30-27(34)20-36-31(38-30)37-23-17-19-39(21-23)29(41)16-11-12-18-35-32(42)45-33(3,4)5/h7-10,13-15,20,22-23H,6,11-12,16-19,21H2,1-5H3,(H,35,42)(H,36,37,38)/b13-8-,24-7+/t23-/m1/s1. The molecule has 0 spiro atoms. The Bertz CT molecular complexity index is 1730. The zero-order valence-corrected chi connectivity index (χ0v) is 28.6. The van der Waals surface area contributed by atoms with E-state index in [9.17, 15) is 18.0 Å². The Morgan fingerprint density at radius 3 is 2.67 bits per heavy atom. The van der Waals surface area contributed by atoms with E-state index in [4.69, 9.17) is 21.3 Å². The quantitative estimate of drug-likeness (QED) is 0.165. The van der Waals surface area contributed by atoms with Crippen molar-refractivity contribution in [1.82, 2.24) is 24.2 Å². The maximum atomic E-state index is 13.7. The molecule has 3 aromatic rings. The number of ether oxygens (including phenoxy) is 1. The molecule has 4 rings (SSSR count). The van der Waals surface area contributed by atoms with Crippen LogP contribution in [0.4, 0.5) is 10.7 Å². The first-order valence-corrected chi connectivity index (χ1v) is 17.4. The molecule has 1 fully saturated rings. The molecular weight excluding hydrogens is 628 g/mol. The molecule has 1 aromatic carbocycles. The van der Waals surface area contributed by atoms with Crippen LogP contribution in [0, 0.1) is 0 Å². The van der Waals surface area contributed by atoms with Crippen molar-refractivity contribution in [3.05, 3.63) is 64.8 Å². The molecule has 1 saturated heterocycles. The van der Waals surface area contributed by atoms with Crippen LogP contribution in [0.2, 0.25) is 5.02 Å². The van der Waals surface area contributed by atoms with Gasteiger partial charge in [0, 0.05) is 49.2 Å². The van der Waals surface area contributed by atoms with Crippen molar-refractivity contribution in [2.45, 2.75) is 78.4 Å². The van der Waals surface area contributed by atoms with Gasteiger partial charge in [0.05, 0.1) is 27.3 Å². The van der Waals surface area contributed by atoms with Gasteiger partial charge in [-0.1, -0.05) is 48.9 Å². The number of likely N-dealkylation sites (tertiary alicyclic amines) is 1. The lowest BCUT2D eigenvalue weighted by Gasteiger charge is -2.19. The fraction of sp³-hybridized carbons (Fsp3) is 0.455. The summed E-state index contributed by atoms with van der Waals surface area (Å²) in [5.41, 5.74) is 0.928. The van der Waals surface area contributed by atoms with Gasteiger partial charge < -0.3 is 20.3 Å². The van der Waals surface area contributed by atoms with Gasteiger partial charge in [-0.25, -0.2) is 27.2 Å². The van der Waals surface area contributed by atoms with E-state index in [1.165, 1.54) is 10.2 Å². The number of nitrogens with zero attached hydrogens (tertiary/aromatic N) is 4. The Kier molecular flexibility index (Phi) is 11.5. The first-order chi connectivity index (χ1) is 21.8. The summed E-state index contributed by atoms with van der Waals surface area (Å²) < 4.78 is 33.9. The summed E-state index contributed by atoms with van der Waals surface area (Å²) >= 11 is 6.59. The van der Waals surface area contributed by atoms with Crippen LogP contribution in [-0.2, 0) is 19.6 Å². The molecule has 3 heterocycles. The highest BCUT2D eigenvalue weighted by atomic mass is 35.5. The van der Waals surface area contributed by atoms with Crippen molar-refractivity contribution < 1.29 is 22.7 Å². The highest BCUT2D eigenvalue weighted by Crippen LogP contribution is 2.36. The number of carbonyl (C=O) groups is 2. The molecule has 1 aliphatic rings. The number of anilines is 1. The van der Waals surface area contributed by atoms with Crippen molar-refractivity contribution in [1.29, 1.82) is 0 Å². The number of halogens is 1. The predicted octanol–water partition coefficient (Wildman–Crippen LogP) is 6.51. The van der Waals surface area contributed by atoms with E-state index in [0.717, 1.165) is 6.42 Å². The largest absolute Gasteiger partial charge is 0.444 e. The summed E-state index contributed by atoms with van der Waals surface area (Å²) in [5.74, 6) is 0.397. The topological polar surface area (TPSA) is 136 Å². The molecule has 0 radical (unpaired) electrons. The van der Waals surface area contributed by atoms with Crippen LogP contribution in [0.3, 0.4) is 0 Å². The highest BCUT2D eigenvalue weighted by molar-refractivity contribution is 7.94. The fourth-order valence-electron chi connectivity index (χ4n) is 5.19. The van der Waals surface area contributed by atoms with Crippen LogP contribution >= 0.6 is 11.6 Å². The number of unbranched alkanes of at least 4 members (excludes halogenated alkanes) is 1. The molecule has 2 amide bonds. The zero-order chi connectivity index (χ0) is 33.5. The summed E-state index contributed by atoms with van der Waals surface area (Å²) in [6.45, 7) is 10.6.